The molecule has 0 aliphatic rings. The van der Waals surface area contributed by atoms with E-state index in [4.69, 9.17) is 0 Å². The number of hydrogen-bond acceptors (Lipinski definition) is 0. The van der Waals surface area contributed by atoms with E-state index in [0.717, 1.165) is 0 Å². The van der Waals surface area contributed by atoms with Gasteiger partial charge in [-0.1, -0.05) is 47.8 Å². The van der Waals surface area contributed by atoms with E-state index in [1.165, 1.54) is 35.7 Å². The Bertz CT molecular complexity index is 227. The SMILES string of the molecule is CCCCCc1ccc(Br)cc1.[H-].[H-].[Mg+2]. The van der Waals surface area contributed by atoms with Gasteiger partial charge in [-0.25, -0.2) is 0 Å². The van der Waals surface area contributed by atoms with Crippen molar-refractivity contribution < 1.29 is 2.85 Å². The summed E-state index contributed by atoms with van der Waals surface area (Å²) in [7, 11) is 0. The molecule has 0 aliphatic heterocycles. The van der Waals surface area contributed by atoms with Gasteiger partial charge in [0.1, 0.15) is 0 Å². The normalized spacial score (nSPS) is 9.38. The Morgan fingerprint density at radius 1 is 1.15 bits per heavy atom. The van der Waals surface area contributed by atoms with Gasteiger partial charge in [-0.05, 0) is 30.5 Å². The van der Waals surface area contributed by atoms with Gasteiger partial charge in [0.15, 0.2) is 0 Å². The van der Waals surface area contributed by atoms with E-state index in [1.807, 2.05) is 0 Å². The van der Waals surface area contributed by atoms with Crippen LogP contribution < -0.4 is 0 Å². The van der Waals surface area contributed by atoms with Crippen LogP contribution in [0.25, 0.3) is 0 Å². The Hall–Kier alpha value is 0.466. The van der Waals surface area contributed by atoms with Crippen molar-refractivity contribution in [3.05, 3.63) is 34.3 Å². The molecule has 0 N–H and O–H groups in total. The fourth-order valence-corrected chi connectivity index (χ4v) is 1.49. The average molecular weight is 253 g/mol. The van der Waals surface area contributed by atoms with Crippen molar-refractivity contribution in [2.24, 2.45) is 0 Å². The number of unbranched alkanes of at least 4 members (excludes halogenated alkanes) is 2. The largest absolute Gasteiger partial charge is 2.00 e. The van der Waals surface area contributed by atoms with Crippen molar-refractivity contribution in [3.63, 3.8) is 0 Å². The van der Waals surface area contributed by atoms with E-state index in [9.17, 15) is 0 Å². The molecule has 0 unspecified atom stereocenters. The topological polar surface area (TPSA) is 0 Å². The van der Waals surface area contributed by atoms with Crippen molar-refractivity contribution in [1.82, 2.24) is 0 Å². The zero-order valence-corrected chi connectivity index (χ0v) is 11.2. The van der Waals surface area contributed by atoms with E-state index in [2.05, 4.69) is 47.1 Å². The molecular weight excluding hydrogens is 236 g/mol. The predicted octanol–water partition coefficient (Wildman–Crippen LogP) is 4.03. The van der Waals surface area contributed by atoms with Crippen LogP contribution in [0.3, 0.4) is 0 Å². The molecule has 0 amide bonds. The third-order valence-corrected chi connectivity index (χ3v) is 2.51. The van der Waals surface area contributed by atoms with Crippen molar-refractivity contribution in [2.75, 3.05) is 0 Å². The monoisotopic (exact) mass is 252 g/mol. The van der Waals surface area contributed by atoms with Gasteiger partial charge in [-0.2, -0.15) is 0 Å². The number of rotatable bonds is 4. The van der Waals surface area contributed by atoms with Crippen molar-refractivity contribution in [2.45, 2.75) is 32.6 Å². The van der Waals surface area contributed by atoms with Gasteiger partial charge in [0.2, 0.25) is 0 Å². The molecule has 0 radical (unpaired) electrons. The third kappa shape index (κ3) is 5.71. The Kier molecular flexibility index (Phi) is 8.11. The zero-order valence-electron chi connectivity index (χ0n) is 10.2. The summed E-state index contributed by atoms with van der Waals surface area (Å²) in [4.78, 5) is 0. The number of hydrogen-bond donors (Lipinski definition) is 0. The minimum absolute atomic E-state index is 0. The van der Waals surface area contributed by atoms with Crippen molar-refractivity contribution >= 4 is 39.0 Å². The summed E-state index contributed by atoms with van der Waals surface area (Å²) in [6, 6.07) is 8.61. The van der Waals surface area contributed by atoms with Gasteiger partial charge in [0.25, 0.3) is 0 Å². The molecule has 0 atom stereocenters. The van der Waals surface area contributed by atoms with E-state index < -0.39 is 0 Å². The van der Waals surface area contributed by atoms with Crippen LogP contribution in [0.2, 0.25) is 0 Å². The maximum atomic E-state index is 3.43. The summed E-state index contributed by atoms with van der Waals surface area (Å²) in [6.45, 7) is 2.24. The Morgan fingerprint density at radius 2 is 1.77 bits per heavy atom. The molecule has 70 valence electrons. The molecule has 0 heterocycles. The van der Waals surface area contributed by atoms with Crippen molar-refractivity contribution in [1.29, 1.82) is 0 Å². The first-order valence-electron chi connectivity index (χ1n) is 4.57. The first-order chi connectivity index (χ1) is 5.83. The van der Waals surface area contributed by atoms with E-state index in [0.29, 0.717) is 0 Å². The molecule has 0 nitrogen and oxygen atoms in total. The standard InChI is InChI=1S/C11H15Br.Mg.2H/c1-2-3-4-5-10-6-8-11(12)9-7-10;;;/h6-9H,2-5H2,1H3;;;/q;+2;2*-1. The summed E-state index contributed by atoms with van der Waals surface area (Å²) in [6.07, 6.45) is 5.19. The second-order valence-corrected chi connectivity index (χ2v) is 4.00. The fraction of sp³-hybridized carbons (Fsp3) is 0.455. The molecular formula is C11H17BrMg. The van der Waals surface area contributed by atoms with Crippen LogP contribution in [-0.2, 0) is 6.42 Å². The van der Waals surface area contributed by atoms with Gasteiger partial charge >= 0.3 is 23.1 Å². The van der Waals surface area contributed by atoms with Gasteiger partial charge in [-0.3, -0.25) is 0 Å². The van der Waals surface area contributed by atoms with E-state index in [1.54, 1.807) is 0 Å². The quantitative estimate of drug-likeness (QED) is 0.561. The Labute approximate surface area is 108 Å². The van der Waals surface area contributed by atoms with Crippen LogP contribution in [0.4, 0.5) is 0 Å². The van der Waals surface area contributed by atoms with Gasteiger partial charge in [0.05, 0.1) is 0 Å². The van der Waals surface area contributed by atoms with Crippen LogP contribution in [0.1, 0.15) is 34.6 Å². The second-order valence-electron chi connectivity index (χ2n) is 3.08. The molecule has 0 saturated carbocycles. The predicted molar refractivity (Wildman–Crippen MR) is 65.3 cm³/mol. The summed E-state index contributed by atoms with van der Waals surface area (Å²) in [5.74, 6) is 0. The van der Waals surface area contributed by atoms with Crippen LogP contribution in [0, 0.1) is 0 Å². The first-order valence-corrected chi connectivity index (χ1v) is 5.36. The summed E-state index contributed by atoms with van der Waals surface area (Å²) in [5, 5.41) is 0. The van der Waals surface area contributed by atoms with Crippen molar-refractivity contribution in [3.8, 4) is 0 Å². The summed E-state index contributed by atoms with van der Waals surface area (Å²) < 4.78 is 1.17. The maximum Gasteiger partial charge on any atom is 2.00 e. The molecule has 2 heteroatoms. The molecule has 13 heavy (non-hydrogen) atoms. The zero-order chi connectivity index (χ0) is 8.81. The third-order valence-electron chi connectivity index (χ3n) is 1.98. The Balaban J connectivity index is -0.000000480. The first kappa shape index (κ1) is 13.5. The van der Waals surface area contributed by atoms with Crippen LogP contribution >= 0.6 is 15.9 Å². The molecule has 0 aromatic heterocycles. The van der Waals surface area contributed by atoms with Crippen LogP contribution in [-0.4, -0.2) is 23.1 Å². The van der Waals surface area contributed by atoms with Gasteiger partial charge < -0.3 is 2.85 Å². The van der Waals surface area contributed by atoms with E-state index in [-0.39, 0.29) is 25.9 Å². The average Bonchev–Trinajstić information content (AvgIpc) is 2.09. The summed E-state index contributed by atoms with van der Waals surface area (Å²) >= 11 is 3.43. The number of aryl methyl sites for hydroxylation is 1. The molecule has 0 saturated heterocycles. The van der Waals surface area contributed by atoms with Gasteiger partial charge in [-0.15, -0.1) is 0 Å². The molecule has 0 fully saturated rings. The van der Waals surface area contributed by atoms with Crippen LogP contribution in [0.5, 0.6) is 0 Å². The summed E-state index contributed by atoms with van der Waals surface area (Å²) in [5.41, 5.74) is 1.45. The molecule has 1 rings (SSSR count). The molecule has 1 aromatic carbocycles. The molecule has 0 aliphatic carbocycles. The molecule has 0 bridgehead atoms. The maximum absolute atomic E-state index is 3.43. The van der Waals surface area contributed by atoms with E-state index >= 15 is 0 Å². The number of benzene rings is 1. The smallest absolute Gasteiger partial charge is 1.00 e. The van der Waals surface area contributed by atoms with Crippen LogP contribution in [0.15, 0.2) is 28.7 Å². The number of halogens is 1. The molecule has 1 aromatic rings. The minimum atomic E-state index is 0. The minimum Gasteiger partial charge on any atom is -1.00 e. The fourth-order valence-electron chi connectivity index (χ4n) is 1.23. The second kappa shape index (κ2) is 7.83. The Morgan fingerprint density at radius 3 is 2.31 bits per heavy atom. The van der Waals surface area contributed by atoms with Gasteiger partial charge in [0, 0.05) is 4.47 Å². The molecule has 0 spiro atoms.